The molecule has 4 fully saturated rings. The summed E-state index contributed by atoms with van der Waals surface area (Å²) in [6.07, 6.45) is 8.80. The first-order valence-electron chi connectivity index (χ1n) is 9.42. The van der Waals surface area contributed by atoms with Gasteiger partial charge < -0.3 is 9.88 Å². The second-order valence-corrected chi connectivity index (χ2v) is 8.99. The number of carbonyl (C=O) groups is 2. The van der Waals surface area contributed by atoms with Gasteiger partial charge >= 0.3 is 0 Å². The number of aromatic nitrogens is 2. The number of hydrogen-bond acceptors (Lipinski definition) is 4. The van der Waals surface area contributed by atoms with E-state index in [0.717, 1.165) is 27.2 Å². The summed E-state index contributed by atoms with van der Waals surface area (Å²) in [5.41, 5.74) is 5.03. The number of allylic oxidation sites excluding steroid dienone is 2. The van der Waals surface area contributed by atoms with Crippen molar-refractivity contribution >= 4 is 40.1 Å². The van der Waals surface area contributed by atoms with Crippen LogP contribution in [-0.4, -0.2) is 32.6 Å². The first-order valence-corrected chi connectivity index (χ1v) is 10.3. The highest BCUT2D eigenvalue weighted by Crippen LogP contribution is 2.89. The average Bonchev–Trinajstić information content (AvgIpc) is 3.30. The SMILES string of the molecule is Cc1csc2c1[C@]13C(=CC2=O)N(C(=O)/C=C/c2c[nH]c4ncccc24)C2C1[C@@H]23. The maximum absolute atomic E-state index is 13.1. The second kappa shape index (κ2) is 4.52. The van der Waals surface area contributed by atoms with E-state index in [1.165, 1.54) is 11.1 Å². The Kier molecular flexibility index (Phi) is 2.42. The predicted molar refractivity (Wildman–Crippen MR) is 106 cm³/mol. The van der Waals surface area contributed by atoms with E-state index in [9.17, 15) is 9.59 Å². The molecular formula is C22H15N3O2S. The largest absolute Gasteiger partial charge is 0.346 e. The van der Waals surface area contributed by atoms with Crippen LogP contribution in [0.5, 0.6) is 0 Å². The fourth-order valence-corrected chi connectivity index (χ4v) is 6.82. The summed E-state index contributed by atoms with van der Waals surface area (Å²) in [5.74, 6) is 1.03. The van der Waals surface area contributed by atoms with Crippen molar-refractivity contribution in [2.75, 3.05) is 0 Å². The van der Waals surface area contributed by atoms with Crippen molar-refractivity contribution in [2.45, 2.75) is 18.4 Å². The van der Waals surface area contributed by atoms with E-state index in [0.29, 0.717) is 11.8 Å². The molecule has 1 spiro atoms. The molecule has 5 heterocycles. The Hall–Kier alpha value is -2.99. The minimum Gasteiger partial charge on any atom is -0.346 e. The Morgan fingerprint density at radius 3 is 3.11 bits per heavy atom. The lowest BCUT2D eigenvalue weighted by Gasteiger charge is -2.24. The van der Waals surface area contributed by atoms with Gasteiger partial charge in [-0.2, -0.15) is 0 Å². The molecule has 2 saturated heterocycles. The molecule has 8 rings (SSSR count). The third-order valence-electron chi connectivity index (χ3n) is 6.91. The highest BCUT2D eigenvalue weighted by atomic mass is 32.1. The van der Waals surface area contributed by atoms with Crippen molar-refractivity contribution < 1.29 is 9.59 Å². The van der Waals surface area contributed by atoms with Crippen LogP contribution in [0.3, 0.4) is 0 Å². The predicted octanol–water partition coefficient (Wildman–Crippen LogP) is 3.43. The Balaban J connectivity index is 1.26. The summed E-state index contributed by atoms with van der Waals surface area (Å²) in [6, 6.07) is 4.14. The number of aryl methyl sites for hydroxylation is 1. The zero-order valence-electron chi connectivity index (χ0n) is 15.0. The molecule has 2 aliphatic heterocycles. The Labute approximate surface area is 164 Å². The number of rotatable bonds is 2. The van der Waals surface area contributed by atoms with Crippen LogP contribution in [0.15, 0.2) is 47.8 Å². The quantitative estimate of drug-likeness (QED) is 0.688. The standard InChI is InChI=1S/C22H15N3O2S/c1-10-9-28-20-13(26)7-14-22(16(10)20)17-18(22)19(17)25(14)15(27)5-4-11-8-24-21-12(11)3-2-6-23-21/h2-9,17-19H,1H3,(H,23,24)/b5-4+/t17-,18?,19?,22-/m0/s1. The van der Waals surface area contributed by atoms with Crippen molar-refractivity contribution in [1.82, 2.24) is 14.9 Å². The molecule has 2 unspecified atom stereocenters. The van der Waals surface area contributed by atoms with Crippen LogP contribution >= 0.6 is 11.3 Å². The zero-order chi connectivity index (χ0) is 18.8. The third kappa shape index (κ3) is 1.47. The van der Waals surface area contributed by atoms with E-state index >= 15 is 0 Å². The highest BCUT2D eigenvalue weighted by molar-refractivity contribution is 7.12. The fourth-order valence-electron chi connectivity index (χ4n) is 5.78. The molecule has 0 radical (unpaired) electrons. The Bertz CT molecular complexity index is 1300. The smallest absolute Gasteiger partial charge is 0.251 e. The lowest BCUT2D eigenvalue weighted by Crippen LogP contribution is -2.28. The number of carbonyl (C=O) groups excluding carboxylic acids is 2. The normalized spacial score (nSPS) is 31.0. The molecule has 6 heteroatoms. The van der Waals surface area contributed by atoms with Crippen LogP contribution < -0.4 is 0 Å². The summed E-state index contributed by atoms with van der Waals surface area (Å²) in [7, 11) is 0. The molecule has 5 aliphatic rings. The van der Waals surface area contributed by atoms with Gasteiger partial charge in [0.15, 0.2) is 5.78 Å². The van der Waals surface area contributed by atoms with Gasteiger partial charge in [-0.05, 0) is 41.6 Å². The molecule has 136 valence electrons. The number of amides is 1. The van der Waals surface area contributed by atoms with Crippen LogP contribution in [0.2, 0.25) is 0 Å². The zero-order valence-corrected chi connectivity index (χ0v) is 15.8. The van der Waals surface area contributed by atoms with Crippen molar-refractivity contribution in [3.8, 4) is 0 Å². The molecule has 2 bridgehead atoms. The van der Waals surface area contributed by atoms with E-state index in [2.05, 4.69) is 22.3 Å². The number of fused-ring (bicyclic) bond motifs is 2. The minimum absolute atomic E-state index is 0.0366. The first-order chi connectivity index (χ1) is 13.6. The monoisotopic (exact) mass is 385 g/mol. The number of pyridine rings is 1. The van der Waals surface area contributed by atoms with E-state index in [1.807, 2.05) is 29.3 Å². The number of ketones is 1. The number of thiophene rings is 1. The van der Waals surface area contributed by atoms with Gasteiger partial charge in [0, 0.05) is 64.5 Å². The summed E-state index contributed by atoms with van der Waals surface area (Å²) in [4.78, 5) is 35.9. The van der Waals surface area contributed by atoms with E-state index in [4.69, 9.17) is 0 Å². The molecule has 5 nitrogen and oxygen atoms in total. The number of aromatic amines is 1. The van der Waals surface area contributed by atoms with Crippen LogP contribution in [0, 0.1) is 18.8 Å². The Morgan fingerprint density at radius 1 is 1.39 bits per heavy atom. The molecule has 28 heavy (non-hydrogen) atoms. The van der Waals surface area contributed by atoms with E-state index < -0.39 is 0 Å². The maximum atomic E-state index is 13.1. The van der Waals surface area contributed by atoms with Crippen LogP contribution in [-0.2, 0) is 10.2 Å². The summed E-state index contributed by atoms with van der Waals surface area (Å²) < 4.78 is 0. The van der Waals surface area contributed by atoms with Gasteiger partial charge in [-0.25, -0.2) is 4.98 Å². The van der Waals surface area contributed by atoms with Crippen LogP contribution in [0.4, 0.5) is 0 Å². The molecular weight excluding hydrogens is 370 g/mol. The van der Waals surface area contributed by atoms with Gasteiger partial charge in [0.25, 0.3) is 5.91 Å². The number of nitrogens with zero attached hydrogens (tertiary/aromatic N) is 2. The van der Waals surface area contributed by atoms with Gasteiger partial charge in [-0.15, -0.1) is 11.3 Å². The lowest BCUT2D eigenvalue weighted by atomic mass is 9.79. The van der Waals surface area contributed by atoms with E-state index in [1.54, 1.807) is 29.7 Å². The molecule has 3 aromatic heterocycles. The average molecular weight is 385 g/mol. The number of H-pyrrole nitrogens is 1. The Morgan fingerprint density at radius 2 is 2.25 bits per heavy atom. The number of piperidine rings is 1. The highest BCUT2D eigenvalue weighted by Gasteiger charge is 2.94. The van der Waals surface area contributed by atoms with Gasteiger partial charge in [0.1, 0.15) is 5.65 Å². The summed E-state index contributed by atoms with van der Waals surface area (Å²) >= 11 is 1.54. The van der Waals surface area contributed by atoms with Gasteiger partial charge in [0.2, 0.25) is 0 Å². The maximum Gasteiger partial charge on any atom is 0.251 e. The van der Waals surface area contributed by atoms with Crippen molar-refractivity contribution in [3.05, 3.63) is 69.3 Å². The summed E-state index contributed by atoms with van der Waals surface area (Å²) in [5, 5.41) is 3.07. The number of hydrogen-bond donors (Lipinski definition) is 1. The minimum atomic E-state index is -0.0494. The fraction of sp³-hybridized carbons (Fsp3) is 0.227. The molecule has 0 aromatic carbocycles. The van der Waals surface area contributed by atoms with E-state index in [-0.39, 0.29) is 23.1 Å². The van der Waals surface area contributed by atoms with Gasteiger partial charge in [0.05, 0.1) is 4.88 Å². The second-order valence-electron chi connectivity index (χ2n) is 8.11. The van der Waals surface area contributed by atoms with Crippen molar-refractivity contribution in [2.24, 2.45) is 11.8 Å². The topological polar surface area (TPSA) is 66.1 Å². The van der Waals surface area contributed by atoms with Gasteiger partial charge in [-0.3, -0.25) is 9.59 Å². The summed E-state index contributed by atoms with van der Waals surface area (Å²) in [6.45, 7) is 2.09. The first kappa shape index (κ1) is 15.0. The van der Waals surface area contributed by atoms with Crippen molar-refractivity contribution in [1.29, 1.82) is 0 Å². The molecule has 3 aliphatic carbocycles. The number of nitrogens with one attached hydrogen (secondary N) is 1. The lowest BCUT2D eigenvalue weighted by molar-refractivity contribution is -0.124. The van der Waals surface area contributed by atoms with Crippen LogP contribution in [0.25, 0.3) is 17.1 Å². The molecule has 3 aromatic rings. The van der Waals surface area contributed by atoms with Crippen LogP contribution in [0.1, 0.15) is 26.4 Å². The van der Waals surface area contributed by atoms with Gasteiger partial charge in [-0.1, -0.05) is 0 Å². The third-order valence-corrected chi connectivity index (χ3v) is 8.02. The molecule has 1 N–H and O–H groups in total. The molecule has 1 amide bonds. The molecule has 2 saturated carbocycles. The van der Waals surface area contributed by atoms with Crippen molar-refractivity contribution in [3.63, 3.8) is 0 Å². The molecule has 4 atom stereocenters.